The second kappa shape index (κ2) is 24.1. The van der Waals surface area contributed by atoms with Crippen molar-refractivity contribution in [1.29, 1.82) is 0 Å². The largest absolute Gasteiger partial charge is 2.00 e. The van der Waals surface area contributed by atoms with Gasteiger partial charge in [-0.1, -0.05) is 159 Å². The van der Waals surface area contributed by atoms with Gasteiger partial charge in [0.25, 0.3) is 0 Å². The minimum Gasteiger partial charge on any atom is -0.302 e. The summed E-state index contributed by atoms with van der Waals surface area (Å²) in [5, 5.41) is 6.91. The van der Waals surface area contributed by atoms with Crippen molar-refractivity contribution >= 4 is 42.4 Å². The summed E-state index contributed by atoms with van der Waals surface area (Å²) in [7, 11) is 3.00. The van der Waals surface area contributed by atoms with Crippen molar-refractivity contribution in [3.05, 3.63) is 245 Å². The third kappa shape index (κ3) is 12.8. The zero-order chi connectivity index (χ0) is 36.8. The normalized spacial score (nSPS) is 16.9. The van der Waals surface area contributed by atoms with Gasteiger partial charge in [0.05, 0.1) is 0 Å². The zero-order valence-corrected chi connectivity index (χ0v) is 36.5. The first-order chi connectivity index (χ1) is 26.0. The van der Waals surface area contributed by atoms with E-state index in [0.29, 0.717) is 0 Å². The van der Waals surface area contributed by atoms with Crippen molar-refractivity contribution in [2.45, 2.75) is 19.9 Å². The van der Waals surface area contributed by atoms with Crippen molar-refractivity contribution in [2.24, 2.45) is 0 Å². The van der Waals surface area contributed by atoms with Crippen molar-refractivity contribution < 1.29 is 36.5 Å². The Kier molecular flexibility index (Phi) is 20.0. The Hall–Kier alpha value is -1.94. The molecule has 1 nitrogen and oxygen atoms in total. The van der Waals surface area contributed by atoms with Gasteiger partial charge in [0.1, 0.15) is 0 Å². The molecule has 55 heavy (non-hydrogen) atoms. The molecule has 3 fully saturated rings. The number of rotatable bonds is 9. The molecule has 15 radical (unpaired) electrons. The van der Waals surface area contributed by atoms with Gasteiger partial charge in [0.2, 0.25) is 0 Å². The molecule has 5 heteroatoms. The molecule has 275 valence electrons. The van der Waals surface area contributed by atoms with E-state index in [1.165, 1.54) is 55.5 Å². The molecule has 0 aromatic heterocycles. The van der Waals surface area contributed by atoms with E-state index in [2.05, 4.69) is 217 Å². The van der Waals surface area contributed by atoms with E-state index >= 15 is 0 Å². The Morgan fingerprint density at radius 2 is 0.818 bits per heavy atom. The van der Waals surface area contributed by atoms with Gasteiger partial charge in [0.15, 0.2) is 0 Å². The smallest absolute Gasteiger partial charge is 0.302 e. The molecule has 5 aromatic carbocycles. The number of hydrogen-bond acceptors (Lipinski definition) is 1. The summed E-state index contributed by atoms with van der Waals surface area (Å²) in [5.74, 6) is 4.10. The molecule has 0 aliphatic heterocycles. The van der Waals surface area contributed by atoms with Crippen LogP contribution in [0.25, 0.3) is 0 Å². The summed E-state index contributed by atoms with van der Waals surface area (Å²) in [6.45, 7) is 4.21. The number of hydrogen-bond donors (Lipinski definition) is 0. The van der Waals surface area contributed by atoms with Crippen LogP contribution >= 0.6 is 15.8 Å². The molecule has 8 rings (SSSR count). The molecule has 0 amide bonds. The minimum absolute atomic E-state index is 0. The third-order valence-electron chi connectivity index (χ3n) is 9.03. The quantitative estimate of drug-likeness (QED) is 0.105. The molecule has 3 aliphatic carbocycles. The van der Waals surface area contributed by atoms with E-state index in [9.17, 15) is 0 Å². The molecule has 0 bridgehead atoms. The zero-order valence-electron chi connectivity index (χ0n) is 31.8. The fourth-order valence-electron chi connectivity index (χ4n) is 6.71. The molecular weight excluding hydrogens is 833 g/mol. The first-order valence-electron chi connectivity index (χ1n) is 18.2. The van der Waals surface area contributed by atoms with Gasteiger partial charge in [-0.25, -0.2) is 0 Å². The molecule has 3 saturated carbocycles. The van der Waals surface area contributed by atoms with Crippen LogP contribution in [0.15, 0.2) is 146 Å². The maximum Gasteiger partial charge on any atom is 2.00 e. The maximum absolute atomic E-state index is 2.39. The van der Waals surface area contributed by atoms with E-state index in [1.54, 1.807) is 0 Å². The molecule has 0 saturated heterocycles. The van der Waals surface area contributed by atoms with Gasteiger partial charge in [-0.3, -0.25) is 0 Å². The number of benzene rings is 5. The molecule has 3 aliphatic rings. The average Bonchev–Trinajstić information content (AvgIpc) is 4.01. The molecule has 1 atom stereocenters. The Morgan fingerprint density at radius 1 is 0.436 bits per heavy atom. The van der Waals surface area contributed by atoms with E-state index in [0.717, 1.165) is 0 Å². The van der Waals surface area contributed by atoms with Crippen LogP contribution in [-0.4, -0.2) is 19.0 Å². The molecule has 0 heterocycles. The van der Waals surface area contributed by atoms with E-state index < -0.39 is 15.8 Å². The Morgan fingerprint density at radius 3 is 1.20 bits per heavy atom. The topological polar surface area (TPSA) is 3.24 Å². The van der Waals surface area contributed by atoms with Crippen LogP contribution in [0.4, 0.5) is 0 Å². The van der Waals surface area contributed by atoms with Gasteiger partial charge >= 0.3 is 36.5 Å². The molecule has 0 spiro atoms. The second-order valence-electron chi connectivity index (χ2n) is 13.2. The molecular formula is C50H48FeNP2Ru+4. The Bertz CT molecular complexity index is 1660. The van der Waals surface area contributed by atoms with Crippen LogP contribution in [0.5, 0.6) is 0 Å². The van der Waals surface area contributed by atoms with E-state index in [-0.39, 0.29) is 42.6 Å². The van der Waals surface area contributed by atoms with E-state index in [1.807, 2.05) is 32.1 Å². The van der Waals surface area contributed by atoms with Crippen LogP contribution in [0.3, 0.4) is 0 Å². The number of nitrogens with zero attached hydrogens (tertiary/aromatic N) is 1. The average molecular weight is 882 g/mol. The molecule has 0 unspecified atom stereocenters. The van der Waals surface area contributed by atoms with Crippen molar-refractivity contribution in [2.75, 3.05) is 14.1 Å². The van der Waals surface area contributed by atoms with Gasteiger partial charge in [-0.2, -0.15) is 0 Å². The van der Waals surface area contributed by atoms with Crippen LogP contribution in [0.2, 0.25) is 0 Å². The van der Waals surface area contributed by atoms with Crippen LogP contribution < -0.4 is 26.5 Å². The first-order valence-corrected chi connectivity index (χ1v) is 20.9. The summed E-state index contributed by atoms with van der Waals surface area (Å²) in [6, 6.07) is 53.4. The standard InChI is InChI=1S/C38H34NP2.C7H9.C5H5.Fe.Ru/c1-39(2)38(35-27-17-29-37(35)41(32-22-11-5-12-23-32)33-24-13-6-14-25-33)34-26-15-16-28-36(34)40(30-18-7-3-8-19-30)31-20-9-4-10-21-31;1-6-3-4-7(2)5-6;1-2-4-5-3-1;;/h3-29,38H,1-2H3;3-5H,1-2H3;1-5H;;/q;;;2*+2/t38-;;;;/m0..../s1. The summed E-state index contributed by atoms with van der Waals surface area (Å²) >= 11 is 0. The fourth-order valence-corrected chi connectivity index (χ4v) is 11.7. The van der Waals surface area contributed by atoms with Crippen LogP contribution in [0.1, 0.15) is 25.5 Å². The summed E-state index contributed by atoms with van der Waals surface area (Å²) in [4.78, 5) is 2.39. The second-order valence-corrected chi connectivity index (χ2v) is 17.6. The maximum atomic E-state index is 2.39. The van der Waals surface area contributed by atoms with Crippen molar-refractivity contribution in [3.8, 4) is 0 Å². The summed E-state index contributed by atoms with van der Waals surface area (Å²) < 4.78 is 0. The summed E-state index contributed by atoms with van der Waals surface area (Å²) in [6.07, 6.45) is 23.4. The summed E-state index contributed by atoms with van der Waals surface area (Å²) in [5.41, 5.74) is 2.80. The fraction of sp³-hybridized carbons (Fsp3) is 0.100. The Labute approximate surface area is 360 Å². The molecule has 5 aromatic rings. The van der Waals surface area contributed by atoms with Crippen LogP contribution in [-0.2, 0) is 36.5 Å². The van der Waals surface area contributed by atoms with Crippen LogP contribution in [0, 0.1) is 94.0 Å². The minimum atomic E-state index is -0.734. The van der Waals surface area contributed by atoms with Crippen molar-refractivity contribution in [3.63, 3.8) is 0 Å². The first kappa shape index (κ1) is 45.8. The predicted molar refractivity (Wildman–Crippen MR) is 232 cm³/mol. The Balaban J connectivity index is 0.000000410. The van der Waals surface area contributed by atoms with E-state index in [4.69, 9.17) is 0 Å². The van der Waals surface area contributed by atoms with Gasteiger partial charge in [-0.15, -0.1) is 0 Å². The third-order valence-corrected chi connectivity index (χ3v) is 14.1. The molecule has 0 N–H and O–H groups in total. The van der Waals surface area contributed by atoms with Crippen molar-refractivity contribution in [1.82, 2.24) is 4.90 Å². The monoisotopic (exact) mass is 882 g/mol. The predicted octanol–water partition coefficient (Wildman–Crippen LogP) is 9.73. The van der Waals surface area contributed by atoms with Gasteiger partial charge < -0.3 is 4.90 Å². The van der Waals surface area contributed by atoms with Gasteiger partial charge in [0, 0.05) is 17.6 Å². The van der Waals surface area contributed by atoms with Gasteiger partial charge in [-0.05, 0) is 144 Å². The SMILES string of the molecule is CN(C)[C@H]([C]1[CH][CH][CH][C]1P(c1ccccc1)c1ccccc1)c1ccccc1P(c1ccccc1)c1ccccc1.C[C]1[CH][CH][C](C)[CH]1.[CH]1[CH][CH][CH][CH]1.[Fe+2].[Ru+2].